The normalized spacial score (nSPS) is 8.83. The van der Waals surface area contributed by atoms with E-state index in [0.29, 0.717) is 0 Å². The van der Waals surface area contributed by atoms with Crippen LogP contribution in [-0.2, 0) is 9.59 Å². The molecule has 6 heteroatoms. The molecule has 3 N–H and O–H groups in total. The van der Waals surface area contributed by atoms with Gasteiger partial charge in [0, 0.05) is 14.1 Å². The van der Waals surface area contributed by atoms with Crippen LogP contribution in [0.5, 0.6) is 0 Å². The second kappa shape index (κ2) is 4.66. The van der Waals surface area contributed by atoms with Crippen molar-refractivity contribution in [3.63, 3.8) is 0 Å². The molecule has 0 aliphatic carbocycles. The van der Waals surface area contributed by atoms with E-state index >= 15 is 0 Å². The monoisotopic (exact) mass is 189 g/mol. The number of nitrogens with one attached hydrogen (secondary N) is 1. The number of carbonyl (C=O) groups is 2. The van der Waals surface area contributed by atoms with Gasteiger partial charge in [-0.3, -0.25) is 9.59 Å². The molecule has 0 saturated heterocycles. The first-order valence-electron chi connectivity index (χ1n) is 3.23. The highest BCUT2D eigenvalue weighted by atomic mass is 32.1. The summed E-state index contributed by atoms with van der Waals surface area (Å²) in [6, 6.07) is 0. The van der Waals surface area contributed by atoms with Crippen molar-refractivity contribution in [2.24, 2.45) is 5.73 Å². The van der Waals surface area contributed by atoms with Crippen LogP contribution in [0.15, 0.2) is 0 Å². The number of rotatable bonds is 2. The van der Waals surface area contributed by atoms with Gasteiger partial charge >= 0.3 is 11.8 Å². The number of nitrogens with two attached hydrogens (primary N) is 1. The summed E-state index contributed by atoms with van der Waals surface area (Å²) in [5.41, 5.74) is 5.11. The number of nitrogens with zero attached hydrogens (tertiary/aromatic N) is 1. The number of likely N-dealkylation sites (N-methyl/N-ethyl adjacent to an activating group) is 1. The van der Waals surface area contributed by atoms with Crippen molar-refractivity contribution in [3.8, 4) is 0 Å². The number of hydrogen-bond acceptors (Lipinski definition) is 3. The molecule has 0 aromatic rings. The molecule has 0 atom stereocenters. The lowest BCUT2D eigenvalue weighted by molar-refractivity contribution is -0.143. The molecular weight excluding hydrogens is 178 g/mol. The van der Waals surface area contributed by atoms with Crippen molar-refractivity contribution in [2.45, 2.75) is 0 Å². The second-order valence-corrected chi connectivity index (χ2v) is 2.87. The molecule has 0 aromatic heterocycles. The van der Waals surface area contributed by atoms with Gasteiger partial charge in [0.05, 0.1) is 11.5 Å². The average molecular weight is 189 g/mol. The highest BCUT2D eigenvalue weighted by Gasteiger charge is 2.14. The zero-order chi connectivity index (χ0) is 9.72. The average Bonchev–Trinajstić information content (AvgIpc) is 1.98. The van der Waals surface area contributed by atoms with Gasteiger partial charge in [-0.05, 0) is 0 Å². The third-order valence-electron chi connectivity index (χ3n) is 1.02. The predicted octanol–water partition coefficient (Wildman–Crippen LogP) is -1.52. The fourth-order valence-corrected chi connectivity index (χ4v) is 0.518. The Labute approximate surface area is 75.9 Å². The summed E-state index contributed by atoms with van der Waals surface area (Å²) in [7, 11) is 2.98. The van der Waals surface area contributed by atoms with Crippen molar-refractivity contribution in [3.05, 3.63) is 0 Å². The van der Waals surface area contributed by atoms with E-state index in [4.69, 9.17) is 5.73 Å². The first-order chi connectivity index (χ1) is 5.45. The van der Waals surface area contributed by atoms with E-state index in [2.05, 4.69) is 17.5 Å². The smallest absolute Gasteiger partial charge is 0.311 e. The van der Waals surface area contributed by atoms with Gasteiger partial charge in [0.25, 0.3) is 0 Å². The molecule has 0 radical (unpaired) electrons. The van der Waals surface area contributed by atoms with Crippen molar-refractivity contribution in [2.75, 3.05) is 20.6 Å². The third-order valence-corrected chi connectivity index (χ3v) is 1.17. The van der Waals surface area contributed by atoms with E-state index in [0.717, 1.165) is 0 Å². The zero-order valence-electron chi connectivity index (χ0n) is 6.96. The minimum Gasteiger partial charge on any atom is -0.392 e. The molecule has 0 unspecified atom stereocenters. The lowest BCUT2D eigenvalue weighted by Crippen LogP contribution is -2.42. The van der Waals surface area contributed by atoms with E-state index in [9.17, 15) is 9.59 Å². The quantitative estimate of drug-likeness (QED) is 0.408. The van der Waals surface area contributed by atoms with Crippen LogP contribution in [0.3, 0.4) is 0 Å². The Morgan fingerprint density at radius 1 is 1.50 bits per heavy atom. The molecule has 0 fully saturated rings. The fraction of sp³-hybridized carbons (Fsp3) is 0.500. The molecule has 0 aliphatic rings. The fourth-order valence-electron chi connectivity index (χ4n) is 0.446. The summed E-state index contributed by atoms with van der Waals surface area (Å²) in [5.74, 6) is -1.32. The first-order valence-corrected chi connectivity index (χ1v) is 3.63. The first kappa shape index (κ1) is 10.8. The van der Waals surface area contributed by atoms with Crippen LogP contribution in [0.4, 0.5) is 0 Å². The summed E-state index contributed by atoms with van der Waals surface area (Å²) in [5, 5.41) is 2.27. The van der Waals surface area contributed by atoms with Crippen LogP contribution in [-0.4, -0.2) is 42.3 Å². The summed E-state index contributed by atoms with van der Waals surface area (Å²) >= 11 is 4.50. The minimum absolute atomic E-state index is 0.0494. The van der Waals surface area contributed by atoms with Crippen LogP contribution in [0.1, 0.15) is 0 Å². The Kier molecular flexibility index (Phi) is 4.20. The van der Waals surface area contributed by atoms with Crippen molar-refractivity contribution >= 4 is 29.0 Å². The van der Waals surface area contributed by atoms with E-state index in [1.54, 1.807) is 0 Å². The van der Waals surface area contributed by atoms with E-state index < -0.39 is 11.8 Å². The highest BCUT2D eigenvalue weighted by Crippen LogP contribution is 1.77. The molecule has 12 heavy (non-hydrogen) atoms. The maximum atomic E-state index is 10.9. The Bertz CT molecular complexity index is 215. The Morgan fingerprint density at radius 3 is 2.33 bits per heavy atom. The number of carbonyl (C=O) groups excluding carboxylic acids is 2. The molecule has 0 spiro atoms. The maximum Gasteiger partial charge on any atom is 0.311 e. The van der Waals surface area contributed by atoms with Gasteiger partial charge in [0.15, 0.2) is 0 Å². The third kappa shape index (κ3) is 3.87. The Hall–Kier alpha value is -1.17. The molecule has 0 rings (SSSR count). The minimum atomic E-state index is -0.701. The lowest BCUT2D eigenvalue weighted by atomic mass is 10.5. The lowest BCUT2D eigenvalue weighted by Gasteiger charge is -2.09. The maximum absolute atomic E-state index is 10.9. The van der Waals surface area contributed by atoms with Crippen LogP contribution < -0.4 is 11.1 Å². The van der Waals surface area contributed by atoms with Crippen molar-refractivity contribution < 1.29 is 9.59 Å². The summed E-state index contributed by atoms with van der Waals surface area (Å²) in [6.07, 6.45) is 0. The van der Waals surface area contributed by atoms with E-state index in [1.165, 1.54) is 19.0 Å². The van der Waals surface area contributed by atoms with Crippen molar-refractivity contribution in [1.82, 2.24) is 10.2 Å². The van der Waals surface area contributed by atoms with Crippen LogP contribution in [0.2, 0.25) is 0 Å². The molecule has 5 nitrogen and oxygen atoms in total. The van der Waals surface area contributed by atoms with Crippen molar-refractivity contribution in [1.29, 1.82) is 0 Å². The number of hydrogen-bond donors (Lipinski definition) is 2. The molecule has 68 valence electrons. The van der Waals surface area contributed by atoms with Crippen LogP contribution >= 0.6 is 12.2 Å². The standard InChI is InChI=1S/C6H11N3O2S/c1-9(2)6(11)5(10)8-3-4(7)12/h3H2,1-2H3,(H2,7,12)(H,8,10). The Balaban J connectivity index is 3.89. The largest absolute Gasteiger partial charge is 0.392 e. The van der Waals surface area contributed by atoms with Crippen LogP contribution in [0.25, 0.3) is 0 Å². The molecule has 0 aliphatic heterocycles. The highest BCUT2D eigenvalue weighted by molar-refractivity contribution is 7.80. The summed E-state index contributed by atoms with van der Waals surface area (Å²) < 4.78 is 0. The van der Waals surface area contributed by atoms with Gasteiger partial charge in [-0.25, -0.2) is 0 Å². The molecule has 0 aromatic carbocycles. The summed E-state index contributed by atoms with van der Waals surface area (Å²) in [6.45, 7) is 0.0494. The second-order valence-electron chi connectivity index (χ2n) is 2.35. The number of amides is 2. The van der Waals surface area contributed by atoms with Gasteiger partial charge < -0.3 is 16.0 Å². The molecule has 2 amide bonds. The van der Waals surface area contributed by atoms with E-state index in [-0.39, 0.29) is 11.5 Å². The van der Waals surface area contributed by atoms with Gasteiger partial charge in [-0.15, -0.1) is 0 Å². The molecule has 0 bridgehead atoms. The van der Waals surface area contributed by atoms with Gasteiger partial charge in [0.1, 0.15) is 0 Å². The topological polar surface area (TPSA) is 75.4 Å². The van der Waals surface area contributed by atoms with Crippen LogP contribution in [0, 0.1) is 0 Å². The molecular formula is C6H11N3O2S. The van der Waals surface area contributed by atoms with Gasteiger partial charge in [-0.1, -0.05) is 12.2 Å². The number of thiocarbonyl (C=S) groups is 1. The van der Waals surface area contributed by atoms with Gasteiger partial charge in [0.2, 0.25) is 0 Å². The van der Waals surface area contributed by atoms with Gasteiger partial charge in [-0.2, -0.15) is 0 Å². The molecule has 0 saturated carbocycles. The summed E-state index contributed by atoms with van der Waals surface area (Å²) in [4.78, 5) is 23.1. The SMILES string of the molecule is CN(C)C(=O)C(=O)NCC(N)=S. The molecule has 0 heterocycles. The zero-order valence-corrected chi connectivity index (χ0v) is 7.77. The Morgan fingerprint density at radius 2 is 2.00 bits per heavy atom. The van der Waals surface area contributed by atoms with E-state index in [1.807, 2.05) is 0 Å². The predicted molar refractivity (Wildman–Crippen MR) is 48.5 cm³/mol.